The molecular formula is C22H20N2O4S. The van der Waals surface area contributed by atoms with Gasteiger partial charge in [0, 0.05) is 5.39 Å². The van der Waals surface area contributed by atoms with Gasteiger partial charge in [-0.05, 0) is 23.3 Å². The van der Waals surface area contributed by atoms with E-state index in [2.05, 4.69) is 9.88 Å². The number of aromatic nitrogens is 1. The second-order valence-electron chi connectivity index (χ2n) is 6.75. The third-order valence-corrected chi connectivity index (χ3v) is 5.97. The molecule has 0 aliphatic carbocycles. The maximum absolute atomic E-state index is 13.0. The number of aliphatic hydroxyl groups is 1. The van der Waals surface area contributed by atoms with E-state index in [0.717, 1.165) is 0 Å². The highest BCUT2D eigenvalue weighted by atomic mass is 32.2. The zero-order valence-corrected chi connectivity index (χ0v) is 16.3. The van der Waals surface area contributed by atoms with Crippen molar-refractivity contribution in [1.29, 1.82) is 0 Å². The topological polar surface area (TPSA) is 92.4 Å². The van der Waals surface area contributed by atoms with Gasteiger partial charge in [-0.1, -0.05) is 78.0 Å². The molecule has 148 valence electrons. The second kappa shape index (κ2) is 8.16. The van der Waals surface area contributed by atoms with Crippen molar-refractivity contribution in [2.75, 3.05) is 0 Å². The van der Waals surface area contributed by atoms with Crippen LogP contribution in [0.25, 0.3) is 11.0 Å². The number of aliphatic hydroxyl groups excluding tert-OH is 1. The zero-order valence-electron chi connectivity index (χ0n) is 15.5. The molecule has 0 amide bonds. The van der Waals surface area contributed by atoms with Gasteiger partial charge in [0.15, 0.2) is 5.58 Å². The maximum Gasteiger partial charge on any atom is 0.218 e. The lowest BCUT2D eigenvalue weighted by atomic mass is 9.97. The van der Waals surface area contributed by atoms with Gasteiger partial charge >= 0.3 is 0 Å². The second-order valence-corrected chi connectivity index (χ2v) is 8.50. The molecule has 4 rings (SSSR count). The van der Waals surface area contributed by atoms with Crippen LogP contribution < -0.4 is 4.72 Å². The van der Waals surface area contributed by atoms with Crippen LogP contribution in [0.4, 0.5) is 0 Å². The smallest absolute Gasteiger partial charge is 0.218 e. The lowest BCUT2D eigenvalue weighted by Gasteiger charge is -2.24. The molecule has 1 aromatic heterocycles. The molecule has 3 aromatic carbocycles. The van der Waals surface area contributed by atoms with Crippen LogP contribution in [0.1, 0.15) is 29.0 Å². The van der Waals surface area contributed by atoms with Gasteiger partial charge in [0.1, 0.15) is 11.4 Å². The Morgan fingerprint density at radius 1 is 0.862 bits per heavy atom. The van der Waals surface area contributed by atoms with Crippen LogP contribution in [0.15, 0.2) is 89.5 Å². The number of fused-ring (bicyclic) bond motifs is 1. The van der Waals surface area contributed by atoms with E-state index in [-0.39, 0.29) is 5.75 Å². The molecule has 0 aliphatic heterocycles. The summed E-state index contributed by atoms with van der Waals surface area (Å²) in [6.45, 7) is 0. The first kappa shape index (κ1) is 19.3. The van der Waals surface area contributed by atoms with Crippen molar-refractivity contribution in [1.82, 2.24) is 9.88 Å². The minimum absolute atomic E-state index is 0.328. The molecule has 4 aromatic rings. The van der Waals surface area contributed by atoms with Crippen LogP contribution in [0.2, 0.25) is 0 Å². The summed E-state index contributed by atoms with van der Waals surface area (Å²) in [5.74, 6) is -0.352. The predicted octanol–water partition coefficient (Wildman–Crippen LogP) is 3.72. The highest BCUT2D eigenvalue weighted by Crippen LogP contribution is 2.30. The first-order valence-corrected chi connectivity index (χ1v) is 10.8. The van der Waals surface area contributed by atoms with Crippen LogP contribution in [-0.2, 0) is 15.8 Å². The van der Waals surface area contributed by atoms with Crippen LogP contribution in [0.3, 0.4) is 0 Å². The summed E-state index contributed by atoms with van der Waals surface area (Å²) >= 11 is 0. The van der Waals surface area contributed by atoms with Crippen molar-refractivity contribution >= 4 is 21.0 Å². The number of hydrogen-bond donors (Lipinski definition) is 2. The summed E-state index contributed by atoms with van der Waals surface area (Å²) in [6, 6.07) is 24.2. The number of hydrogen-bond acceptors (Lipinski definition) is 5. The molecule has 0 radical (unpaired) electrons. The number of nitrogens with one attached hydrogen (secondary N) is 1. The van der Waals surface area contributed by atoms with Gasteiger partial charge in [0.25, 0.3) is 0 Å². The van der Waals surface area contributed by atoms with Gasteiger partial charge in [0.05, 0.1) is 12.1 Å². The van der Waals surface area contributed by atoms with Crippen molar-refractivity contribution < 1.29 is 18.0 Å². The molecule has 6 nitrogen and oxygen atoms in total. The lowest BCUT2D eigenvalue weighted by Crippen LogP contribution is -2.33. The van der Waals surface area contributed by atoms with E-state index in [1.807, 2.05) is 12.1 Å². The highest BCUT2D eigenvalue weighted by molar-refractivity contribution is 7.88. The number of benzene rings is 3. The predicted molar refractivity (Wildman–Crippen MR) is 110 cm³/mol. The Morgan fingerprint density at radius 3 is 2.14 bits per heavy atom. The van der Waals surface area contributed by atoms with Crippen molar-refractivity contribution in [3.8, 4) is 0 Å². The van der Waals surface area contributed by atoms with Gasteiger partial charge in [-0.2, -0.15) is 0 Å². The van der Waals surface area contributed by atoms with Gasteiger partial charge < -0.3 is 9.63 Å². The van der Waals surface area contributed by atoms with Crippen molar-refractivity contribution in [2.24, 2.45) is 0 Å². The molecule has 0 saturated carbocycles. The normalized spacial score (nSPS) is 14.0. The summed E-state index contributed by atoms with van der Waals surface area (Å²) in [7, 11) is -3.83. The molecule has 1 heterocycles. The molecule has 0 saturated heterocycles. The molecule has 7 heteroatoms. The zero-order chi connectivity index (χ0) is 20.3. The van der Waals surface area contributed by atoms with Crippen molar-refractivity contribution in [3.63, 3.8) is 0 Å². The number of sulfonamides is 1. The van der Waals surface area contributed by atoms with Gasteiger partial charge in [-0.25, -0.2) is 13.1 Å². The van der Waals surface area contributed by atoms with Crippen molar-refractivity contribution in [3.05, 3.63) is 102 Å². The molecule has 0 bridgehead atoms. The summed E-state index contributed by atoms with van der Waals surface area (Å²) < 4.78 is 33.8. The largest absolute Gasteiger partial charge is 0.386 e. The molecule has 0 unspecified atom stereocenters. The van der Waals surface area contributed by atoms with Crippen LogP contribution in [0.5, 0.6) is 0 Å². The van der Waals surface area contributed by atoms with E-state index in [4.69, 9.17) is 4.52 Å². The highest BCUT2D eigenvalue weighted by Gasteiger charge is 2.28. The molecule has 0 spiro atoms. The average Bonchev–Trinajstić information content (AvgIpc) is 3.15. The minimum atomic E-state index is -3.83. The Labute approximate surface area is 168 Å². The standard InChI is InChI=1S/C22H20N2O4S/c25-22(17-11-5-2-6-12-17)21(16-9-3-1-4-10-16)24-29(26,27)15-19-18-13-7-8-14-20(18)28-23-19/h1-14,21-22,24-25H,15H2/t21-,22+/m0/s1. The van der Waals surface area contributed by atoms with Crippen LogP contribution in [0, 0.1) is 0 Å². The molecule has 2 N–H and O–H groups in total. The third-order valence-electron chi connectivity index (χ3n) is 4.70. The number of para-hydroxylation sites is 1. The first-order valence-electron chi connectivity index (χ1n) is 9.15. The van der Waals surface area contributed by atoms with E-state index in [0.29, 0.717) is 27.8 Å². The van der Waals surface area contributed by atoms with E-state index in [1.54, 1.807) is 72.8 Å². The Morgan fingerprint density at radius 2 is 1.45 bits per heavy atom. The summed E-state index contributed by atoms with van der Waals surface area (Å²) in [4.78, 5) is 0. The molecular weight excluding hydrogens is 388 g/mol. The SMILES string of the molecule is O=S(=O)(Cc1noc2ccccc12)N[C@@H](c1ccccc1)[C@H](O)c1ccccc1. The number of nitrogens with zero attached hydrogens (tertiary/aromatic N) is 1. The maximum atomic E-state index is 13.0. The Bertz CT molecular complexity index is 1190. The fraction of sp³-hybridized carbons (Fsp3) is 0.136. The van der Waals surface area contributed by atoms with Gasteiger partial charge in [-0.15, -0.1) is 0 Å². The molecule has 29 heavy (non-hydrogen) atoms. The van der Waals surface area contributed by atoms with E-state index in [1.165, 1.54) is 0 Å². The third kappa shape index (κ3) is 4.37. The molecule has 0 fully saturated rings. The Balaban J connectivity index is 1.64. The summed E-state index contributed by atoms with van der Waals surface area (Å²) in [6.07, 6.45) is -1.05. The lowest BCUT2D eigenvalue weighted by molar-refractivity contribution is 0.139. The average molecular weight is 408 g/mol. The molecule has 2 atom stereocenters. The van der Waals surface area contributed by atoms with Crippen LogP contribution >= 0.6 is 0 Å². The Kier molecular flexibility index (Phi) is 5.44. The first-order chi connectivity index (χ1) is 14.0. The number of rotatable bonds is 7. The monoisotopic (exact) mass is 408 g/mol. The van der Waals surface area contributed by atoms with E-state index >= 15 is 0 Å². The quantitative estimate of drug-likeness (QED) is 0.486. The van der Waals surface area contributed by atoms with E-state index in [9.17, 15) is 13.5 Å². The molecule has 0 aliphatic rings. The summed E-state index contributed by atoms with van der Waals surface area (Å²) in [5, 5.41) is 15.5. The fourth-order valence-electron chi connectivity index (χ4n) is 3.28. The summed E-state index contributed by atoms with van der Waals surface area (Å²) in [5.41, 5.74) is 2.14. The fourth-order valence-corrected chi connectivity index (χ4v) is 4.58. The van der Waals surface area contributed by atoms with E-state index < -0.39 is 22.2 Å². The Hall–Kier alpha value is -3.00. The van der Waals surface area contributed by atoms with Gasteiger partial charge in [-0.3, -0.25) is 0 Å². The van der Waals surface area contributed by atoms with Gasteiger partial charge in [0.2, 0.25) is 10.0 Å². The van der Waals surface area contributed by atoms with Crippen molar-refractivity contribution in [2.45, 2.75) is 17.9 Å². The minimum Gasteiger partial charge on any atom is -0.386 e. The van der Waals surface area contributed by atoms with Crippen LogP contribution in [-0.4, -0.2) is 18.7 Å².